The number of rotatable bonds is 5. The number of benzene rings is 1. The summed E-state index contributed by atoms with van der Waals surface area (Å²) in [6, 6.07) is 3.43. The number of nitrogens with one attached hydrogen (secondary N) is 2. The Kier molecular flexibility index (Phi) is 7.29. The predicted octanol–water partition coefficient (Wildman–Crippen LogP) is 4.29. The summed E-state index contributed by atoms with van der Waals surface area (Å²) in [5, 5.41) is 14.5. The number of pyridine rings is 1. The maximum Gasteiger partial charge on any atom is 0.325 e. The van der Waals surface area contributed by atoms with E-state index in [2.05, 4.69) is 30.8 Å². The molecule has 0 atom stereocenters. The maximum absolute atomic E-state index is 14.8. The van der Waals surface area contributed by atoms with Gasteiger partial charge in [-0.3, -0.25) is 14.7 Å². The number of halogens is 1. The first kappa shape index (κ1) is 27.6. The van der Waals surface area contributed by atoms with Crippen molar-refractivity contribution in [3.05, 3.63) is 51.1 Å². The predicted molar refractivity (Wildman–Crippen MR) is 147 cm³/mol. The molecular formula is C23H24FN7O4S3. The lowest BCUT2D eigenvalue weighted by Gasteiger charge is -2.14. The lowest BCUT2D eigenvalue weighted by atomic mass is 9.98. The molecule has 0 aliphatic carbocycles. The van der Waals surface area contributed by atoms with Crippen molar-refractivity contribution in [2.75, 3.05) is 16.9 Å². The molecular weight excluding hydrogens is 553 g/mol. The summed E-state index contributed by atoms with van der Waals surface area (Å²) in [4.78, 5) is 34.1. The highest BCUT2D eigenvalue weighted by Gasteiger charge is 2.21. The second-order valence-electron chi connectivity index (χ2n) is 9.53. The minimum Gasteiger partial charge on any atom is -0.305 e. The molecule has 0 radical (unpaired) electrons. The monoisotopic (exact) mass is 577 g/mol. The molecule has 2 N–H and O–H groups in total. The highest BCUT2D eigenvalue weighted by Crippen LogP contribution is 2.30. The number of aromatic nitrogens is 5. The van der Waals surface area contributed by atoms with Gasteiger partial charge >= 0.3 is 6.03 Å². The van der Waals surface area contributed by atoms with Gasteiger partial charge in [0, 0.05) is 46.7 Å². The third-order valence-electron chi connectivity index (χ3n) is 5.29. The molecule has 0 unspecified atom stereocenters. The van der Waals surface area contributed by atoms with Gasteiger partial charge in [-0.25, -0.2) is 27.6 Å². The molecule has 0 saturated heterocycles. The van der Waals surface area contributed by atoms with Gasteiger partial charge in [-0.1, -0.05) is 32.1 Å². The van der Waals surface area contributed by atoms with Gasteiger partial charge in [0.15, 0.2) is 0 Å². The zero-order chi connectivity index (χ0) is 28.0. The molecule has 0 spiro atoms. The average Bonchev–Trinajstić information content (AvgIpc) is 3.26. The fourth-order valence-corrected chi connectivity index (χ4v) is 5.83. The largest absolute Gasteiger partial charge is 0.325 e. The van der Waals surface area contributed by atoms with Crippen LogP contribution in [-0.4, -0.2) is 45.4 Å². The molecule has 3 heterocycles. The van der Waals surface area contributed by atoms with Crippen LogP contribution in [0.3, 0.4) is 0 Å². The summed E-state index contributed by atoms with van der Waals surface area (Å²) in [7, 11) is -1.47. The third-order valence-corrected chi connectivity index (χ3v) is 8.56. The summed E-state index contributed by atoms with van der Waals surface area (Å²) in [6.45, 7) is 7.55. The van der Waals surface area contributed by atoms with E-state index < -0.39 is 26.3 Å². The fourth-order valence-electron chi connectivity index (χ4n) is 3.49. The topological polar surface area (TPSA) is 149 Å². The Labute approximate surface area is 225 Å². The fraction of sp³-hybridized carbons (Fsp3) is 0.304. The Bertz CT molecular complexity index is 1740. The lowest BCUT2D eigenvalue weighted by molar-refractivity contribution is 0.262. The molecule has 15 heteroatoms. The van der Waals surface area contributed by atoms with Crippen molar-refractivity contribution in [3.8, 4) is 11.1 Å². The van der Waals surface area contributed by atoms with E-state index in [1.54, 1.807) is 13.0 Å². The number of fused-ring (bicyclic) bond motifs is 1. The van der Waals surface area contributed by atoms with Gasteiger partial charge in [0.1, 0.15) is 16.5 Å². The Morgan fingerprint density at radius 2 is 1.84 bits per heavy atom. The number of amides is 2. The van der Waals surface area contributed by atoms with Crippen molar-refractivity contribution >= 4 is 58.9 Å². The zero-order valence-corrected chi connectivity index (χ0v) is 23.7. The van der Waals surface area contributed by atoms with Crippen LogP contribution in [0.2, 0.25) is 0 Å². The molecule has 0 aliphatic heterocycles. The SMILES string of the molecule is Cc1cc(F)c(NC(=O)Nc2nnc(C(C)(C)C)s2)cc1-c1cc2cnc(SS(C)(=O)=O)nc2n(C)c1=O. The molecule has 0 bridgehead atoms. The molecule has 200 valence electrons. The van der Waals surface area contributed by atoms with Crippen LogP contribution in [0.5, 0.6) is 0 Å². The van der Waals surface area contributed by atoms with E-state index >= 15 is 0 Å². The zero-order valence-electron chi connectivity index (χ0n) is 21.3. The second-order valence-corrected chi connectivity index (χ2v) is 14.8. The quantitative estimate of drug-likeness (QED) is 0.262. The first-order chi connectivity index (χ1) is 17.6. The van der Waals surface area contributed by atoms with Gasteiger partial charge in [0.25, 0.3) is 5.56 Å². The van der Waals surface area contributed by atoms with Crippen LogP contribution in [0.15, 0.2) is 34.3 Å². The van der Waals surface area contributed by atoms with Crippen LogP contribution < -0.4 is 16.2 Å². The summed E-state index contributed by atoms with van der Waals surface area (Å²) in [5.41, 5.74) is 0.508. The smallest absolute Gasteiger partial charge is 0.305 e. The van der Waals surface area contributed by atoms with E-state index in [-0.39, 0.29) is 32.6 Å². The number of nitrogens with zero attached hydrogens (tertiary/aromatic N) is 5. The first-order valence-corrected chi connectivity index (χ1v) is 15.2. The van der Waals surface area contributed by atoms with Gasteiger partial charge in [0.05, 0.1) is 5.69 Å². The van der Waals surface area contributed by atoms with E-state index in [9.17, 15) is 22.4 Å². The Morgan fingerprint density at radius 3 is 2.47 bits per heavy atom. The van der Waals surface area contributed by atoms with Gasteiger partial charge in [-0.2, -0.15) is 0 Å². The Hall–Kier alpha value is -3.43. The van der Waals surface area contributed by atoms with Crippen molar-refractivity contribution in [2.45, 2.75) is 38.3 Å². The highest BCUT2D eigenvalue weighted by atomic mass is 33.1. The molecule has 1 aromatic carbocycles. The molecule has 0 aliphatic rings. The summed E-state index contributed by atoms with van der Waals surface area (Å²) >= 11 is 1.22. The molecule has 4 rings (SSSR count). The summed E-state index contributed by atoms with van der Waals surface area (Å²) < 4.78 is 39.2. The van der Waals surface area contributed by atoms with Crippen molar-refractivity contribution in [2.24, 2.45) is 7.05 Å². The van der Waals surface area contributed by atoms with E-state index in [0.717, 1.165) is 11.3 Å². The molecule has 0 fully saturated rings. The van der Waals surface area contributed by atoms with E-state index in [4.69, 9.17) is 0 Å². The van der Waals surface area contributed by atoms with E-state index in [1.807, 2.05) is 20.8 Å². The van der Waals surface area contributed by atoms with Gasteiger partial charge in [0.2, 0.25) is 19.2 Å². The normalized spacial score (nSPS) is 12.1. The minimum absolute atomic E-state index is 0.0109. The molecule has 3 aromatic heterocycles. The summed E-state index contributed by atoms with van der Waals surface area (Å²) in [6.07, 6.45) is 2.45. The van der Waals surface area contributed by atoms with Crippen LogP contribution in [0.4, 0.5) is 20.0 Å². The lowest BCUT2D eigenvalue weighted by Crippen LogP contribution is -2.22. The Morgan fingerprint density at radius 1 is 1.13 bits per heavy atom. The third kappa shape index (κ3) is 6.00. The van der Waals surface area contributed by atoms with Crippen molar-refractivity contribution in [1.82, 2.24) is 24.7 Å². The second kappa shape index (κ2) is 10.0. The van der Waals surface area contributed by atoms with Crippen LogP contribution in [-0.2, 0) is 21.3 Å². The van der Waals surface area contributed by atoms with Gasteiger partial charge in [-0.05, 0) is 36.2 Å². The molecule has 11 nitrogen and oxygen atoms in total. The van der Waals surface area contributed by atoms with E-state index in [0.29, 0.717) is 27.3 Å². The number of carbonyl (C=O) groups excluding carboxylic acids is 1. The van der Waals surface area contributed by atoms with Crippen LogP contribution in [0.1, 0.15) is 31.3 Å². The number of anilines is 2. The van der Waals surface area contributed by atoms with Crippen LogP contribution >= 0.6 is 22.1 Å². The van der Waals surface area contributed by atoms with Crippen LogP contribution in [0.25, 0.3) is 22.2 Å². The highest BCUT2D eigenvalue weighted by molar-refractivity contribution is 8.71. The number of hydrogen-bond acceptors (Lipinski definition) is 10. The van der Waals surface area contributed by atoms with Crippen molar-refractivity contribution in [1.29, 1.82) is 0 Å². The number of urea groups is 1. The molecule has 38 heavy (non-hydrogen) atoms. The van der Waals surface area contributed by atoms with Crippen molar-refractivity contribution < 1.29 is 17.6 Å². The number of carbonyl (C=O) groups is 1. The Balaban J connectivity index is 1.68. The van der Waals surface area contributed by atoms with E-state index in [1.165, 1.54) is 41.3 Å². The molecule has 2 amide bonds. The van der Waals surface area contributed by atoms with Gasteiger partial charge in [-0.15, -0.1) is 10.2 Å². The van der Waals surface area contributed by atoms with Gasteiger partial charge < -0.3 is 5.32 Å². The number of hydrogen-bond donors (Lipinski definition) is 2. The minimum atomic E-state index is -3.45. The molecule has 4 aromatic rings. The molecule has 0 saturated carbocycles. The maximum atomic E-state index is 14.8. The standard InChI is InChI=1S/C23H24FN7O4S3/c1-11-7-15(24)16(26-20(33)28-22-30-29-19(36-22)23(2,3)4)9-13(11)14-8-12-10-25-21(37-38(6,34)35)27-17(12)31(5)18(14)32/h7-10H,1-6H3,(H2,26,28,30,33). The number of aryl methyl sites for hydroxylation is 2. The van der Waals surface area contributed by atoms with Crippen molar-refractivity contribution in [3.63, 3.8) is 0 Å². The average molecular weight is 578 g/mol. The summed E-state index contributed by atoms with van der Waals surface area (Å²) in [5.74, 6) is -0.683. The first-order valence-electron chi connectivity index (χ1n) is 11.1. The van der Waals surface area contributed by atoms with Crippen LogP contribution in [0, 0.1) is 12.7 Å².